The van der Waals surface area contributed by atoms with Crippen molar-refractivity contribution in [3.63, 3.8) is 0 Å². The SMILES string of the molecule is CCOC(=O)Cc1c(C#N)ccc([N+](=O)[O-])c1C(F)F. The van der Waals surface area contributed by atoms with E-state index in [2.05, 4.69) is 4.74 Å². The van der Waals surface area contributed by atoms with Crippen LogP contribution in [0.3, 0.4) is 0 Å². The average molecular weight is 284 g/mol. The van der Waals surface area contributed by atoms with Crippen LogP contribution < -0.4 is 0 Å². The van der Waals surface area contributed by atoms with Gasteiger partial charge in [-0.1, -0.05) is 0 Å². The van der Waals surface area contributed by atoms with E-state index in [1.165, 1.54) is 6.92 Å². The Labute approximate surface area is 112 Å². The molecule has 0 atom stereocenters. The number of hydrogen-bond acceptors (Lipinski definition) is 5. The van der Waals surface area contributed by atoms with Crippen LogP contribution in [0.25, 0.3) is 0 Å². The molecule has 0 saturated carbocycles. The fraction of sp³-hybridized carbons (Fsp3) is 0.333. The van der Waals surface area contributed by atoms with Crippen LogP contribution >= 0.6 is 0 Å². The molecule has 0 radical (unpaired) electrons. The lowest BCUT2D eigenvalue weighted by molar-refractivity contribution is -0.386. The van der Waals surface area contributed by atoms with Gasteiger partial charge in [-0.2, -0.15) is 5.26 Å². The molecule has 1 aromatic rings. The molecule has 8 heteroatoms. The van der Waals surface area contributed by atoms with Crippen molar-refractivity contribution >= 4 is 11.7 Å². The van der Waals surface area contributed by atoms with Crippen molar-refractivity contribution in [3.05, 3.63) is 38.9 Å². The second kappa shape index (κ2) is 6.56. The molecule has 0 bridgehead atoms. The number of nitrogens with zero attached hydrogens (tertiary/aromatic N) is 2. The van der Waals surface area contributed by atoms with Crippen LogP contribution in [0.4, 0.5) is 14.5 Å². The Morgan fingerprint density at radius 2 is 2.20 bits per heavy atom. The van der Waals surface area contributed by atoms with Crippen molar-refractivity contribution < 1.29 is 23.2 Å². The van der Waals surface area contributed by atoms with Gasteiger partial charge in [0.15, 0.2) is 0 Å². The van der Waals surface area contributed by atoms with Crippen molar-refractivity contribution in [2.45, 2.75) is 19.8 Å². The topological polar surface area (TPSA) is 93.2 Å². The smallest absolute Gasteiger partial charge is 0.310 e. The van der Waals surface area contributed by atoms with Gasteiger partial charge >= 0.3 is 5.97 Å². The van der Waals surface area contributed by atoms with E-state index < -0.39 is 35.0 Å². The Balaban J connectivity index is 3.43. The summed E-state index contributed by atoms with van der Waals surface area (Å²) in [5.41, 5.74) is -2.31. The number of halogens is 2. The quantitative estimate of drug-likeness (QED) is 0.470. The molecule has 0 spiro atoms. The maximum atomic E-state index is 13.0. The fourth-order valence-electron chi connectivity index (χ4n) is 1.71. The fourth-order valence-corrected chi connectivity index (χ4v) is 1.71. The van der Waals surface area contributed by atoms with E-state index in [1.54, 1.807) is 6.07 Å². The molecule has 0 aliphatic heterocycles. The summed E-state index contributed by atoms with van der Waals surface area (Å²) < 4.78 is 30.7. The van der Waals surface area contributed by atoms with Crippen molar-refractivity contribution in [1.29, 1.82) is 5.26 Å². The summed E-state index contributed by atoms with van der Waals surface area (Å²) in [4.78, 5) is 21.2. The van der Waals surface area contributed by atoms with Crippen molar-refractivity contribution in [2.24, 2.45) is 0 Å². The molecule has 0 aromatic heterocycles. The summed E-state index contributed by atoms with van der Waals surface area (Å²) in [6.07, 6.45) is -3.79. The molecule has 0 amide bonds. The molecule has 1 rings (SSSR count). The van der Waals surface area contributed by atoms with Crippen LogP contribution in [-0.4, -0.2) is 17.5 Å². The number of benzene rings is 1. The molecule has 20 heavy (non-hydrogen) atoms. The van der Waals surface area contributed by atoms with Gasteiger partial charge in [-0.25, -0.2) is 8.78 Å². The number of ether oxygens (including phenoxy) is 1. The first-order valence-corrected chi connectivity index (χ1v) is 5.56. The van der Waals surface area contributed by atoms with E-state index in [9.17, 15) is 23.7 Å². The molecule has 0 saturated heterocycles. The lowest BCUT2D eigenvalue weighted by Gasteiger charge is -2.10. The van der Waals surface area contributed by atoms with Gasteiger partial charge in [-0.15, -0.1) is 0 Å². The zero-order valence-electron chi connectivity index (χ0n) is 10.4. The number of nitro groups is 1. The van der Waals surface area contributed by atoms with E-state index in [4.69, 9.17) is 5.26 Å². The van der Waals surface area contributed by atoms with Crippen LogP contribution in [0.2, 0.25) is 0 Å². The Hall–Kier alpha value is -2.56. The summed E-state index contributed by atoms with van der Waals surface area (Å²) in [6, 6.07) is 3.51. The highest BCUT2D eigenvalue weighted by Gasteiger charge is 2.28. The lowest BCUT2D eigenvalue weighted by atomic mass is 9.97. The van der Waals surface area contributed by atoms with Gasteiger partial charge in [-0.05, 0) is 18.6 Å². The second-order valence-electron chi connectivity index (χ2n) is 3.68. The molecule has 0 unspecified atom stereocenters. The van der Waals surface area contributed by atoms with Gasteiger partial charge in [-0.3, -0.25) is 14.9 Å². The van der Waals surface area contributed by atoms with Crippen LogP contribution in [-0.2, 0) is 16.0 Å². The summed E-state index contributed by atoms with van der Waals surface area (Å²) in [7, 11) is 0. The number of esters is 1. The molecule has 0 aliphatic rings. The monoisotopic (exact) mass is 284 g/mol. The predicted molar refractivity (Wildman–Crippen MR) is 63.1 cm³/mol. The van der Waals surface area contributed by atoms with Gasteiger partial charge in [0.25, 0.3) is 12.1 Å². The zero-order valence-corrected chi connectivity index (χ0v) is 10.4. The summed E-state index contributed by atoms with van der Waals surface area (Å²) in [5.74, 6) is -0.827. The third kappa shape index (κ3) is 3.26. The summed E-state index contributed by atoms with van der Waals surface area (Å²) in [5, 5.41) is 19.6. The highest BCUT2D eigenvalue weighted by Crippen LogP contribution is 2.34. The number of nitriles is 1. The highest BCUT2D eigenvalue weighted by molar-refractivity contribution is 5.75. The van der Waals surface area contributed by atoms with E-state index in [1.807, 2.05) is 0 Å². The first kappa shape index (κ1) is 15.5. The number of alkyl halides is 2. The van der Waals surface area contributed by atoms with Gasteiger partial charge in [0.05, 0.1) is 29.6 Å². The lowest BCUT2D eigenvalue weighted by Crippen LogP contribution is -2.12. The standard InChI is InChI=1S/C12H10F2N2O4/c1-2-20-10(17)5-8-7(6-15)3-4-9(16(18)19)11(8)12(13)14/h3-4,12H,2,5H2,1H3. The minimum absolute atomic E-state index is 0.0413. The largest absolute Gasteiger partial charge is 0.466 e. The number of hydrogen-bond donors (Lipinski definition) is 0. The third-order valence-electron chi connectivity index (χ3n) is 2.50. The van der Waals surface area contributed by atoms with Crippen LogP contribution in [0.15, 0.2) is 12.1 Å². The number of carbonyl (C=O) groups excluding carboxylic acids is 1. The Kier molecular flexibility index (Phi) is 5.08. The zero-order chi connectivity index (χ0) is 15.3. The number of carbonyl (C=O) groups is 1. The molecule has 6 nitrogen and oxygen atoms in total. The van der Waals surface area contributed by atoms with E-state index in [0.717, 1.165) is 12.1 Å². The van der Waals surface area contributed by atoms with Crippen molar-refractivity contribution in [1.82, 2.24) is 0 Å². The Morgan fingerprint density at radius 3 is 2.65 bits per heavy atom. The van der Waals surface area contributed by atoms with Gasteiger partial charge < -0.3 is 4.74 Å². The molecule has 1 aromatic carbocycles. The summed E-state index contributed by atoms with van der Waals surface area (Å²) in [6.45, 7) is 1.57. The van der Waals surface area contributed by atoms with Crippen LogP contribution in [0.1, 0.15) is 30.0 Å². The molecular formula is C12H10F2N2O4. The van der Waals surface area contributed by atoms with E-state index >= 15 is 0 Å². The van der Waals surface area contributed by atoms with Gasteiger partial charge in [0.2, 0.25) is 0 Å². The third-order valence-corrected chi connectivity index (χ3v) is 2.50. The first-order valence-electron chi connectivity index (χ1n) is 5.56. The molecule has 0 aliphatic carbocycles. The van der Waals surface area contributed by atoms with Crippen molar-refractivity contribution in [3.8, 4) is 6.07 Å². The van der Waals surface area contributed by atoms with Crippen molar-refractivity contribution in [2.75, 3.05) is 6.61 Å². The molecule has 106 valence electrons. The Bertz CT molecular complexity index is 582. The minimum Gasteiger partial charge on any atom is -0.466 e. The predicted octanol–water partition coefficient (Wildman–Crippen LogP) is 2.51. The average Bonchev–Trinajstić information content (AvgIpc) is 2.37. The molecule has 0 heterocycles. The Morgan fingerprint density at radius 1 is 1.55 bits per heavy atom. The molecule has 0 N–H and O–H groups in total. The summed E-state index contributed by atoms with van der Waals surface area (Å²) >= 11 is 0. The first-order chi connectivity index (χ1) is 9.42. The van der Waals surface area contributed by atoms with E-state index in [-0.39, 0.29) is 17.7 Å². The molecule has 0 fully saturated rings. The normalized spacial score (nSPS) is 10.2. The van der Waals surface area contributed by atoms with Crippen LogP contribution in [0, 0.1) is 21.4 Å². The van der Waals surface area contributed by atoms with E-state index in [0.29, 0.717) is 0 Å². The highest BCUT2D eigenvalue weighted by atomic mass is 19.3. The van der Waals surface area contributed by atoms with Crippen LogP contribution in [0.5, 0.6) is 0 Å². The maximum Gasteiger partial charge on any atom is 0.310 e. The second-order valence-corrected chi connectivity index (χ2v) is 3.68. The maximum absolute atomic E-state index is 13.0. The van der Waals surface area contributed by atoms with Gasteiger partial charge in [0, 0.05) is 6.07 Å². The minimum atomic E-state index is -3.17. The van der Waals surface area contributed by atoms with Gasteiger partial charge in [0.1, 0.15) is 5.56 Å². The molecular weight excluding hydrogens is 274 g/mol. The number of rotatable bonds is 5. The number of nitro benzene ring substituents is 1.